The van der Waals surface area contributed by atoms with Crippen molar-refractivity contribution in [3.63, 3.8) is 0 Å². The van der Waals surface area contributed by atoms with Crippen LogP contribution in [0.1, 0.15) is 12.8 Å². The molecule has 3 rings (SSSR count). The summed E-state index contributed by atoms with van der Waals surface area (Å²) in [5.74, 6) is -0.483. The van der Waals surface area contributed by atoms with E-state index >= 15 is 0 Å². The van der Waals surface area contributed by atoms with Crippen molar-refractivity contribution in [3.8, 4) is 11.5 Å². The van der Waals surface area contributed by atoms with Crippen LogP contribution in [-0.4, -0.2) is 53.0 Å². The number of ether oxygens (including phenoxy) is 2. The molecule has 0 radical (unpaired) electrons. The normalized spacial score (nSPS) is 17.4. The number of halogens is 1. The number of piperidine rings is 1. The number of amides is 1. The third-order valence-corrected chi connectivity index (χ3v) is 7.15. The lowest BCUT2D eigenvalue weighted by atomic mass is 9.98. The Morgan fingerprint density at radius 2 is 1.83 bits per heavy atom. The lowest BCUT2D eigenvalue weighted by molar-refractivity contribution is -0.123. The molecule has 1 heterocycles. The molecule has 0 bridgehead atoms. The molecule has 1 aliphatic heterocycles. The summed E-state index contributed by atoms with van der Waals surface area (Å²) in [6.45, 7) is 0.375. The van der Waals surface area contributed by atoms with Crippen molar-refractivity contribution >= 4 is 21.6 Å². The van der Waals surface area contributed by atoms with Crippen LogP contribution in [0.15, 0.2) is 47.4 Å². The van der Waals surface area contributed by atoms with Crippen molar-refractivity contribution in [2.45, 2.75) is 17.7 Å². The second-order valence-electron chi connectivity index (χ2n) is 7.09. The summed E-state index contributed by atoms with van der Waals surface area (Å²) in [5, 5.41) is 0. The van der Waals surface area contributed by atoms with Crippen molar-refractivity contribution in [1.29, 1.82) is 0 Å². The van der Waals surface area contributed by atoms with Crippen molar-refractivity contribution in [2.75, 3.05) is 39.3 Å². The zero-order valence-electron chi connectivity index (χ0n) is 17.2. The van der Waals surface area contributed by atoms with Crippen molar-refractivity contribution in [3.05, 3.63) is 48.3 Å². The number of carbonyl (C=O) groups is 1. The number of anilines is 1. The Bertz CT molecular complexity index is 1010. The van der Waals surface area contributed by atoms with Gasteiger partial charge in [0.1, 0.15) is 22.2 Å². The summed E-state index contributed by atoms with van der Waals surface area (Å²) in [4.78, 5) is 14.4. The number of hydrogen-bond donors (Lipinski definition) is 0. The largest absolute Gasteiger partial charge is 0.497 e. The first-order valence-corrected chi connectivity index (χ1v) is 11.0. The number of benzene rings is 2. The fourth-order valence-electron chi connectivity index (χ4n) is 3.55. The van der Waals surface area contributed by atoms with Gasteiger partial charge in [-0.05, 0) is 49.2 Å². The number of methoxy groups -OCH3 is 2. The summed E-state index contributed by atoms with van der Waals surface area (Å²) in [7, 11) is 0.575. The highest BCUT2D eigenvalue weighted by molar-refractivity contribution is 7.89. The van der Waals surface area contributed by atoms with E-state index < -0.39 is 15.9 Å². The van der Waals surface area contributed by atoms with Gasteiger partial charge in [-0.1, -0.05) is 0 Å². The quantitative estimate of drug-likeness (QED) is 0.696. The lowest BCUT2D eigenvalue weighted by Gasteiger charge is -2.33. The third-order valence-electron chi connectivity index (χ3n) is 5.27. The van der Waals surface area contributed by atoms with Crippen LogP contribution in [-0.2, 0) is 14.8 Å². The molecule has 9 heteroatoms. The van der Waals surface area contributed by atoms with Gasteiger partial charge in [0, 0.05) is 31.9 Å². The molecule has 1 fully saturated rings. The topological polar surface area (TPSA) is 76.1 Å². The molecule has 0 saturated carbocycles. The van der Waals surface area contributed by atoms with E-state index in [2.05, 4.69) is 0 Å². The van der Waals surface area contributed by atoms with Crippen molar-refractivity contribution < 1.29 is 27.1 Å². The SMILES string of the molecule is COc1ccc(OC)c(S(=O)(=O)N2CCC[C@H](C(=O)N(C)c3ccc(F)cc3)C2)c1. The maximum absolute atomic E-state index is 13.3. The highest BCUT2D eigenvalue weighted by Gasteiger charge is 2.36. The summed E-state index contributed by atoms with van der Waals surface area (Å²) >= 11 is 0. The van der Waals surface area contributed by atoms with E-state index in [4.69, 9.17) is 9.47 Å². The molecule has 2 aromatic carbocycles. The minimum Gasteiger partial charge on any atom is -0.497 e. The van der Waals surface area contributed by atoms with E-state index in [-0.39, 0.29) is 28.9 Å². The summed E-state index contributed by atoms with van der Waals surface area (Å²) < 4.78 is 51.5. The first-order chi connectivity index (χ1) is 14.3. The minimum absolute atomic E-state index is 0.00402. The van der Waals surface area contributed by atoms with Gasteiger partial charge < -0.3 is 14.4 Å². The molecule has 0 N–H and O–H groups in total. The average molecular weight is 437 g/mol. The van der Waals surface area contributed by atoms with Crippen LogP contribution in [0.25, 0.3) is 0 Å². The fourth-order valence-corrected chi connectivity index (χ4v) is 5.25. The first kappa shape index (κ1) is 22.0. The van der Waals surface area contributed by atoms with Gasteiger partial charge >= 0.3 is 0 Å². The molecule has 7 nitrogen and oxygen atoms in total. The Hall–Kier alpha value is -2.65. The van der Waals surface area contributed by atoms with Gasteiger partial charge in [0.15, 0.2) is 0 Å². The highest BCUT2D eigenvalue weighted by Crippen LogP contribution is 2.33. The second-order valence-corrected chi connectivity index (χ2v) is 9.00. The predicted octanol–water partition coefficient (Wildman–Crippen LogP) is 2.91. The molecule has 0 spiro atoms. The number of hydrogen-bond acceptors (Lipinski definition) is 5. The van der Waals surface area contributed by atoms with E-state index in [1.165, 1.54) is 53.8 Å². The van der Waals surface area contributed by atoms with Crippen LogP contribution in [0.4, 0.5) is 10.1 Å². The summed E-state index contributed by atoms with van der Waals surface area (Å²) in [5.41, 5.74) is 0.552. The Morgan fingerprint density at radius 1 is 1.13 bits per heavy atom. The van der Waals surface area contributed by atoms with E-state index in [1.54, 1.807) is 19.2 Å². The number of carbonyl (C=O) groups excluding carboxylic acids is 1. The van der Waals surface area contributed by atoms with Gasteiger partial charge in [0.25, 0.3) is 0 Å². The van der Waals surface area contributed by atoms with Crippen molar-refractivity contribution in [2.24, 2.45) is 5.92 Å². The number of rotatable bonds is 6. The smallest absolute Gasteiger partial charge is 0.246 e. The molecule has 1 saturated heterocycles. The van der Waals surface area contributed by atoms with Gasteiger partial charge in [-0.15, -0.1) is 0 Å². The molecular weight excluding hydrogens is 411 g/mol. The fraction of sp³-hybridized carbons (Fsp3) is 0.381. The Morgan fingerprint density at radius 3 is 2.47 bits per heavy atom. The molecule has 2 aromatic rings. The van der Waals surface area contributed by atoms with Crippen LogP contribution in [0.2, 0.25) is 0 Å². The summed E-state index contributed by atoms with van der Waals surface area (Å²) in [6.07, 6.45) is 1.13. The van der Waals surface area contributed by atoms with Crippen LogP contribution < -0.4 is 14.4 Å². The van der Waals surface area contributed by atoms with Gasteiger partial charge in [0.05, 0.1) is 20.1 Å². The monoisotopic (exact) mass is 436 g/mol. The van der Waals surface area contributed by atoms with Gasteiger partial charge in [-0.25, -0.2) is 12.8 Å². The van der Waals surface area contributed by atoms with Gasteiger partial charge in [-0.2, -0.15) is 4.31 Å². The van der Waals surface area contributed by atoms with E-state index in [9.17, 15) is 17.6 Å². The molecule has 1 aliphatic rings. The molecular formula is C21H25FN2O5S. The maximum Gasteiger partial charge on any atom is 0.246 e. The predicted molar refractivity (Wildman–Crippen MR) is 111 cm³/mol. The van der Waals surface area contributed by atoms with E-state index in [0.29, 0.717) is 30.8 Å². The molecule has 1 atom stereocenters. The Labute approximate surface area is 176 Å². The number of nitrogens with zero attached hydrogens (tertiary/aromatic N) is 2. The first-order valence-electron chi connectivity index (χ1n) is 9.53. The number of sulfonamides is 1. The highest BCUT2D eigenvalue weighted by atomic mass is 32.2. The zero-order valence-corrected chi connectivity index (χ0v) is 18.0. The maximum atomic E-state index is 13.3. The van der Waals surface area contributed by atoms with E-state index in [1.807, 2.05) is 0 Å². The van der Waals surface area contributed by atoms with Crippen molar-refractivity contribution in [1.82, 2.24) is 4.31 Å². The summed E-state index contributed by atoms with van der Waals surface area (Å²) in [6, 6.07) is 10.2. The van der Waals surface area contributed by atoms with Gasteiger partial charge in [-0.3, -0.25) is 4.79 Å². The Kier molecular flexibility index (Phi) is 6.62. The second kappa shape index (κ2) is 9.01. The third kappa shape index (κ3) is 4.41. The minimum atomic E-state index is -3.89. The molecule has 1 amide bonds. The standard InChI is InChI=1S/C21H25FN2O5S/c1-23(17-8-6-16(22)7-9-17)21(25)15-5-4-12-24(14-15)30(26,27)20-13-18(28-2)10-11-19(20)29-3/h6-11,13,15H,4-5,12,14H2,1-3H3/t15-/m0/s1. The van der Waals surface area contributed by atoms with Crippen LogP contribution in [0, 0.1) is 11.7 Å². The van der Waals surface area contributed by atoms with E-state index in [0.717, 1.165) is 0 Å². The van der Waals surface area contributed by atoms with Gasteiger partial charge in [0.2, 0.25) is 15.9 Å². The molecule has 0 unspecified atom stereocenters. The van der Waals surface area contributed by atoms with Crippen LogP contribution >= 0.6 is 0 Å². The average Bonchev–Trinajstić information content (AvgIpc) is 2.78. The zero-order chi connectivity index (χ0) is 21.9. The molecule has 0 aliphatic carbocycles. The Balaban J connectivity index is 1.83. The molecule has 0 aromatic heterocycles. The molecule has 162 valence electrons. The van der Waals surface area contributed by atoms with Crippen LogP contribution in [0.3, 0.4) is 0 Å². The lowest BCUT2D eigenvalue weighted by Crippen LogP contribution is -2.46. The van der Waals surface area contributed by atoms with Crippen LogP contribution in [0.5, 0.6) is 11.5 Å². The molecule has 30 heavy (non-hydrogen) atoms.